The number of hydrogen-bond donors (Lipinski definition) is 0. The molecule has 4 nitrogen and oxygen atoms in total. The van der Waals surface area contributed by atoms with E-state index in [9.17, 15) is 4.79 Å². The van der Waals surface area contributed by atoms with Crippen molar-refractivity contribution in [2.24, 2.45) is 0 Å². The van der Waals surface area contributed by atoms with Gasteiger partial charge in [0.05, 0.1) is 23.0 Å². The van der Waals surface area contributed by atoms with Crippen LogP contribution in [-0.4, -0.2) is 22.9 Å². The van der Waals surface area contributed by atoms with Crippen molar-refractivity contribution in [2.45, 2.75) is 27.7 Å². The summed E-state index contributed by atoms with van der Waals surface area (Å²) in [6.07, 6.45) is 0. The molecule has 0 aliphatic rings. The van der Waals surface area contributed by atoms with Gasteiger partial charge in [0.25, 0.3) is 0 Å². The third-order valence-electron chi connectivity index (χ3n) is 3.27. The lowest BCUT2D eigenvalue weighted by Gasteiger charge is -2.12. The second-order valence-electron chi connectivity index (χ2n) is 4.90. The number of nitrogens with zero attached hydrogens (tertiary/aromatic N) is 2. The van der Waals surface area contributed by atoms with Crippen LogP contribution in [0.4, 0.5) is 0 Å². The van der Waals surface area contributed by atoms with Gasteiger partial charge in [-0.05, 0) is 54.8 Å². The Morgan fingerprint density at radius 1 is 1.20 bits per heavy atom. The molecule has 0 radical (unpaired) electrons. The first-order valence-electron chi connectivity index (χ1n) is 6.28. The number of ether oxygens (including phenoxy) is 1. The van der Waals surface area contributed by atoms with Crippen LogP contribution in [-0.2, 0) is 4.74 Å². The topological polar surface area (TPSA) is 44.1 Å². The fourth-order valence-electron chi connectivity index (χ4n) is 2.43. The van der Waals surface area contributed by atoms with Crippen molar-refractivity contribution < 1.29 is 9.53 Å². The zero-order chi connectivity index (χ0) is 15.0. The van der Waals surface area contributed by atoms with Crippen LogP contribution in [0.5, 0.6) is 0 Å². The van der Waals surface area contributed by atoms with Gasteiger partial charge >= 0.3 is 5.97 Å². The summed E-state index contributed by atoms with van der Waals surface area (Å²) in [5, 5.41) is 4.40. The van der Waals surface area contributed by atoms with Crippen LogP contribution in [0.1, 0.15) is 32.9 Å². The van der Waals surface area contributed by atoms with Crippen molar-refractivity contribution in [1.29, 1.82) is 0 Å². The summed E-state index contributed by atoms with van der Waals surface area (Å²) in [4.78, 5) is 11.7. The van der Waals surface area contributed by atoms with E-state index >= 15 is 0 Å². The molecule has 20 heavy (non-hydrogen) atoms. The lowest BCUT2D eigenvalue weighted by Crippen LogP contribution is -2.07. The van der Waals surface area contributed by atoms with Crippen LogP contribution < -0.4 is 0 Å². The minimum Gasteiger partial charge on any atom is -0.464 e. The molecule has 0 saturated heterocycles. The summed E-state index contributed by atoms with van der Waals surface area (Å²) < 4.78 is 7.22. The number of methoxy groups -OCH3 is 1. The number of benzene rings is 1. The zero-order valence-corrected chi connectivity index (χ0v) is 13.8. The lowest BCUT2D eigenvalue weighted by molar-refractivity contribution is 0.0592. The van der Waals surface area contributed by atoms with Crippen molar-refractivity contribution in [3.05, 3.63) is 44.7 Å². The van der Waals surface area contributed by atoms with Crippen LogP contribution in [0.2, 0.25) is 0 Å². The summed E-state index contributed by atoms with van der Waals surface area (Å²) in [5.74, 6) is -0.443. The zero-order valence-electron chi connectivity index (χ0n) is 12.2. The fraction of sp³-hybridized carbons (Fsp3) is 0.333. The first-order valence-corrected chi connectivity index (χ1v) is 7.07. The van der Waals surface area contributed by atoms with Gasteiger partial charge in [-0.15, -0.1) is 0 Å². The summed E-state index contributed by atoms with van der Waals surface area (Å²) >= 11 is 3.42. The number of carbonyl (C=O) groups excluding carboxylic acids is 1. The Hall–Kier alpha value is -1.62. The lowest BCUT2D eigenvalue weighted by atomic mass is 10.1. The maximum Gasteiger partial charge on any atom is 0.359 e. The Bertz CT molecular complexity index is 666. The van der Waals surface area contributed by atoms with Gasteiger partial charge in [0.1, 0.15) is 0 Å². The van der Waals surface area contributed by atoms with Gasteiger partial charge in [-0.1, -0.05) is 17.7 Å². The van der Waals surface area contributed by atoms with Crippen LogP contribution in [0.15, 0.2) is 16.6 Å². The van der Waals surface area contributed by atoms with Gasteiger partial charge in [-0.3, -0.25) is 0 Å². The Morgan fingerprint density at radius 2 is 1.75 bits per heavy atom. The average Bonchev–Trinajstić information content (AvgIpc) is 2.65. The standard InChI is InChI=1S/C15H17BrN2O2/c1-8-6-9(2)14(10(3)7-8)18-11(4)12(16)13(17-18)15(19)20-5/h6-7H,1-5H3. The molecule has 0 amide bonds. The second kappa shape index (κ2) is 5.40. The Morgan fingerprint density at radius 3 is 2.25 bits per heavy atom. The van der Waals surface area contributed by atoms with Crippen LogP contribution in [0, 0.1) is 27.7 Å². The second-order valence-corrected chi connectivity index (χ2v) is 5.69. The largest absolute Gasteiger partial charge is 0.464 e. The van der Waals surface area contributed by atoms with E-state index in [1.807, 2.05) is 20.8 Å². The van der Waals surface area contributed by atoms with Crippen molar-refractivity contribution in [1.82, 2.24) is 9.78 Å². The first kappa shape index (κ1) is 14.8. The molecule has 1 aromatic carbocycles. The number of carbonyl (C=O) groups is 1. The quantitative estimate of drug-likeness (QED) is 0.786. The molecule has 0 unspecified atom stereocenters. The molecule has 1 heterocycles. The summed E-state index contributed by atoms with van der Waals surface area (Å²) in [6, 6.07) is 4.21. The first-order chi connectivity index (χ1) is 9.36. The number of aryl methyl sites for hydroxylation is 3. The van der Waals surface area contributed by atoms with Crippen molar-refractivity contribution in [2.75, 3.05) is 7.11 Å². The molecular formula is C15H17BrN2O2. The van der Waals surface area contributed by atoms with Gasteiger partial charge in [0.15, 0.2) is 5.69 Å². The van der Waals surface area contributed by atoms with E-state index in [-0.39, 0.29) is 0 Å². The smallest absolute Gasteiger partial charge is 0.359 e. The summed E-state index contributed by atoms with van der Waals surface area (Å²) in [7, 11) is 1.35. The minimum atomic E-state index is -0.443. The molecule has 5 heteroatoms. The molecule has 106 valence electrons. The maximum absolute atomic E-state index is 11.7. The van der Waals surface area contributed by atoms with E-state index in [0.29, 0.717) is 10.2 Å². The normalized spacial score (nSPS) is 10.7. The molecule has 0 N–H and O–H groups in total. The van der Waals surface area contributed by atoms with Crippen molar-refractivity contribution in [3.8, 4) is 5.69 Å². The van der Waals surface area contributed by atoms with Gasteiger partial charge in [0.2, 0.25) is 0 Å². The SMILES string of the molecule is COC(=O)c1nn(-c2c(C)cc(C)cc2C)c(C)c1Br. The fourth-order valence-corrected chi connectivity index (χ4v) is 2.84. The third-order valence-corrected chi connectivity index (χ3v) is 4.22. The molecule has 0 aliphatic carbocycles. The highest BCUT2D eigenvalue weighted by Gasteiger charge is 2.21. The van der Waals surface area contributed by atoms with Crippen LogP contribution >= 0.6 is 15.9 Å². The van der Waals surface area contributed by atoms with Gasteiger partial charge in [-0.2, -0.15) is 5.10 Å². The molecule has 0 aliphatic heterocycles. The van der Waals surface area contributed by atoms with Crippen molar-refractivity contribution in [3.63, 3.8) is 0 Å². The molecule has 0 atom stereocenters. The number of aromatic nitrogens is 2. The highest BCUT2D eigenvalue weighted by Crippen LogP contribution is 2.28. The number of esters is 1. The Labute approximate surface area is 126 Å². The maximum atomic E-state index is 11.7. The van der Waals surface area contributed by atoms with Crippen molar-refractivity contribution >= 4 is 21.9 Å². The van der Waals surface area contributed by atoms with Gasteiger partial charge < -0.3 is 4.74 Å². The Kier molecular flexibility index (Phi) is 3.99. The Balaban J connectivity index is 2.69. The predicted molar refractivity (Wildman–Crippen MR) is 81.6 cm³/mol. The molecule has 0 saturated carbocycles. The van der Waals surface area contributed by atoms with E-state index < -0.39 is 5.97 Å². The molecule has 0 fully saturated rings. The average molecular weight is 337 g/mol. The molecule has 2 aromatic rings. The monoisotopic (exact) mass is 336 g/mol. The summed E-state index contributed by atoms with van der Waals surface area (Å²) in [5.41, 5.74) is 5.63. The van der Waals surface area contributed by atoms with Crippen LogP contribution in [0.3, 0.4) is 0 Å². The number of halogens is 1. The molecule has 0 spiro atoms. The highest BCUT2D eigenvalue weighted by molar-refractivity contribution is 9.10. The molecular weight excluding hydrogens is 320 g/mol. The third kappa shape index (κ3) is 2.38. The minimum absolute atomic E-state index is 0.296. The van der Waals surface area contributed by atoms with E-state index in [4.69, 9.17) is 4.74 Å². The van der Waals surface area contributed by atoms with Gasteiger partial charge in [0, 0.05) is 0 Å². The van der Waals surface area contributed by atoms with E-state index in [0.717, 1.165) is 22.5 Å². The van der Waals surface area contributed by atoms with E-state index in [1.54, 1.807) is 4.68 Å². The molecule has 2 rings (SSSR count). The van der Waals surface area contributed by atoms with Gasteiger partial charge in [-0.25, -0.2) is 9.48 Å². The molecule has 1 aromatic heterocycles. The molecule has 0 bridgehead atoms. The number of hydrogen-bond acceptors (Lipinski definition) is 3. The van der Waals surface area contributed by atoms with Crippen LogP contribution in [0.25, 0.3) is 5.69 Å². The summed E-state index contributed by atoms with van der Waals surface area (Å²) in [6.45, 7) is 8.07. The van der Waals surface area contributed by atoms with E-state index in [1.165, 1.54) is 12.7 Å². The number of rotatable bonds is 2. The highest BCUT2D eigenvalue weighted by atomic mass is 79.9. The van der Waals surface area contributed by atoms with E-state index in [2.05, 4.69) is 40.1 Å². The predicted octanol–water partition coefficient (Wildman–Crippen LogP) is 3.66.